The van der Waals surface area contributed by atoms with E-state index in [1.54, 1.807) is 19.1 Å². The lowest BCUT2D eigenvalue weighted by Gasteiger charge is -2.42. The van der Waals surface area contributed by atoms with Crippen molar-refractivity contribution in [2.45, 2.75) is 32.2 Å². The minimum Gasteiger partial charge on any atom is -0.480 e. The number of allylic oxidation sites excluding steroid dienone is 3. The fraction of sp³-hybridized carbons (Fsp3) is 0.364. The number of aliphatic carboxylic acids is 2. The van der Waals surface area contributed by atoms with E-state index in [1.807, 2.05) is 30.0 Å². The molecule has 1 heterocycles. The molecule has 2 N–H and O–H groups in total. The molecular weight excluding hydrogens is 342 g/mol. The zero-order chi connectivity index (χ0) is 20.0. The molecule has 1 aliphatic carbocycles. The summed E-state index contributed by atoms with van der Waals surface area (Å²) in [5.74, 6) is -2.58. The molecule has 5 nitrogen and oxygen atoms in total. The highest BCUT2D eigenvalue weighted by molar-refractivity contribution is 5.92. The molecule has 2 unspecified atom stereocenters. The molecule has 0 spiro atoms. The maximum atomic E-state index is 11.7. The molecule has 0 saturated carbocycles. The van der Waals surface area contributed by atoms with Crippen LogP contribution >= 0.6 is 0 Å². The van der Waals surface area contributed by atoms with E-state index in [4.69, 9.17) is 5.11 Å². The van der Waals surface area contributed by atoms with Gasteiger partial charge in [-0.2, -0.15) is 0 Å². The van der Waals surface area contributed by atoms with Gasteiger partial charge in [-0.25, -0.2) is 9.59 Å². The van der Waals surface area contributed by atoms with Gasteiger partial charge in [0, 0.05) is 11.5 Å². The quantitative estimate of drug-likeness (QED) is 0.843. The van der Waals surface area contributed by atoms with Crippen LogP contribution in [0.1, 0.15) is 32.3 Å². The SMILES string of the molecule is C=C(C)c1ccccc1.CC1C(C(=O)O)=CC=CC1(C(=O)O)N1CCCC1. The second kappa shape index (κ2) is 8.82. The molecule has 5 heteroatoms. The van der Waals surface area contributed by atoms with Gasteiger partial charge in [-0.1, -0.05) is 67.6 Å². The molecule has 3 rings (SSSR count). The first-order valence-corrected chi connectivity index (χ1v) is 9.12. The third-order valence-corrected chi connectivity index (χ3v) is 5.24. The smallest absolute Gasteiger partial charge is 0.331 e. The summed E-state index contributed by atoms with van der Waals surface area (Å²) in [5, 5.41) is 18.8. The highest BCUT2D eigenvalue weighted by atomic mass is 16.4. The van der Waals surface area contributed by atoms with Crippen LogP contribution in [0.25, 0.3) is 5.57 Å². The van der Waals surface area contributed by atoms with Crippen LogP contribution in [0.2, 0.25) is 0 Å². The summed E-state index contributed by atoms with van der Waals surface area (Å²) in [6.07, 6.45) is 6.58. The van der Waals surface area contributed by atoms with E-state index in [0.717, 1.165) is 18.4 Å². The minimum absolute atomic E-state index is 0.159. The van der Waals surface area contributed by atoms with E-state index in [0.29, 0.717) is 13.1 Å². The predicted octanol–water partition coefficient (Wildman–Crippen LogP) is 3.84. The average Bonchev–Trinajstić information content (AvgIpc) is 3.17. The molecule has 0 radical (unpaired) electrons. The Morgan fingerprint density at radius 3 is 2.19 bits per heavy atom. The second-order valence-electron chi connectivity index (χ2n) is 6.98. The molecule has 2 atom stereocenters. The van der Waals surface area contributed by atoms with Crippen LogP contribution in [0.4, 0.5) is 0 Å². The molecule has 2 aliphatic rings. The maximum absolute atomic E-state index is 11.7. The average molecular weight is 369 g/mol. The molecule has 1 saturated heterocycles. The monoisotopic (exact) mass is 369 g/mol. The Morgan fingerprint density at radius 2 is 1.74 bits per heavy atom. The molecule has 144 valence electrons. The number of likely N-dealkylation sites (tertiary alicyclic amines) is 1. The lowest BCUT2D eigenvalue weighted by Crippen LogP contribution is -2.58. The van der Waals surface area contributed by atoms with E-state index in [-0.39, 0.29) is 5.57 Å². The zero-order valence-corrected chi connectivity index (χ0v) is 15.9. The van der Waals surface area contributed by atoms with Crippen molar-refractivity contribution in [1.82, 2.24) is 4.90 Å². The molecule has 1 aliphatic heterocycles. The summed E-state index contributed by atoms with van der Waals surface area (Å²) in [4.78, 5) is 24.8. The molecule has 0 amide bonds. The van der Waals surface area contributed by atoms with Crippen molar-refractivity contribution in [3.8, 4) is 0 Å². The van der Waals surface area contributed by atoms with Gasteiger partial charge >= 0.3 is 11.9 Å². The largest absolute Gasteiger partial charge is 0.480 e. The van der Waals surface area contributed by atoms with E-state index < -0.39 is 23.4 Å². The number of carbonyl (C=O) groups is 2. The summed E-state index contributed by atoms with van der Waals surface area (Å²) in [6.45, 7) is 8.92. The van der Waals surface area contributed by atoms with Crippen LogP contribution in [0, 0.1) is 5.92 Å². The van der Waals surface area contributed by atoms with Crippen molar-refractivity contribution in [1.29, 1.82) is 0 Å². The summed E-state index contributed by atoms with van der Waals surface area (Å²) in [6, 6.07) is 10.2. The highest BCUT2D eigenvalue weighted by Gasteiger charge is 2.50. The van der Waals surface area contributed by atoms with Crippen molar-refractivity contribution in [3.05, 3.63) is 66.3 Å². The molecule has 0 aromatic heterocycles. The Kier molecular flexibility index (Phi) is 6.75. The first-order valence-electron chi connectivity index (χ1n) is 9.12. The zero-order valence-electron chi connectivity index (χ0n) is 15.9. The second-order valence-corrected chi connectivity index (χ2v) is 6.98. The van der Waals surface area contributed by atoms with Crippen molar-refractivity contribution >= 4 is 17.5 Å². The van der Waals surface area contributed by atoms with Gasteiger partial charge < -0.3 is 10.2 Å². The van der Waals surface area contributed by atoms with E-state index in [2.05, 4.69) is 18.7 Å². The fourth-order valence-corrected chi connectivity index (χ4v) is 3.66. The minimum atomic E-state index is -1.21. The predicted molar refractivity (Wildman–Crippen MR) is 106 cm³/mol. The van der Waals surface area contributed by atoms with Gasteiger partial charge in [0.05, 0.1) is 0 Å². The third-order valence-electron chi connectivity index (χ3n) is 5.24. The lowest BCUT2D eigenvalue weighted by atomic mass is 9.75. The number of carboxylic acid groups (broad SMARTS) is 2. The summed E-state index contributed by atoms with van der Waals surface area (Å²) >= 11 is 0. The van der Waals surface area contributed by atoms with Crippen LogP contribution in [0.15, 0.2) is 60.7 Å². The van der Waals surface area contributed by atoms with Crippen molar-refractivity contribution in [2.24, 2.45) is 5.92 Å². The van der Waals surface area contributed by atoms with E-state index in [1.165, 1.54) is 11.6 Å². The van der Waals surface area contributed by atoms with E-state index in [9.17, 15) is 14.7 Å². The van der Waals surface area contributed by atoms with Gasteiger partial charge in [-0.15, -0.1) is 0 Å². The number of carboxylic acids is 2. The number of nitrogens with zero attached hydrogens (tertiary/aromatic N) is 1. The van der Waals surface area contributed by atoms with Gasteiger partial charge in [0.25, 0.3) is 0 Å². The van der Waals surface area contributed by atoms with E-state index >= 15 is 0 Å². The summed E-state index contributed by atoms with van der Waals surface area (Å²) in [5.41, 5.74) is 1.29. The summed E-state index contributed by atoms with van der Waals surface area (Å²) in [7, 11) is 0. The Labute approximate surface area is 160 Å². The molecule has 1 fully saturated rings. The normalized spacial score (nSPS) is 24.5. The number of hydrogen-bond acceptors (Lipinski definition) is 3. The third kappa shape index (κ3) is 4.37. The lowest BCUT2D eigenvalue weighted by molar-refractivity contribution is -0.150. The van der Waals surface area contributed by atoms with Gasteiger partial charge in [0.1, 0.15) is 5.54 Å². The molecule has 27 heavy (non-hydrogen) atoms. The van der Waals surface area contributed by atoms with Gasteiger partial charge in [-0.3, -0.25) is 4.90 Å². The first-order chi connectivity index (χ1) is 12.8. The Bertz CT molecular complexity index is 760. The van der Waals surface area contributed by atoms with Gasteiger partial charge in [0.15, 0.2) is 0 Å². The summed E-state index contributed by atoms with van der Waals surface area (Å²) < 4.78 is 0. The first kappa shape index (κ1) is 20.6. The maximum Gasteiger partial charge on any atom is 0.331 e. The van der Waals surface area contributed by atoms with Crippen molar-refractivity contribution < 1.29 is 19.8 Å². The Hall–Kier alpha value is -2.66. The Morgan fingerprint density at radius 1 is 1.15 bits per heavy atom. The number of benzene rings is 1. The molecule has 0 bridgehead atoms. The van der Waals surface area contributed by atoms with Crippen LogP contribution < -0.4 is 0 Å². The highest BCUT2D eigenvalue weighted by Crippen LogP contribution is 2.37. The number of rotatable bonds is 4. The topological polar surface area (TPSA) is 77.8 Å². The molecule has 1 aromatic carbocycles. The van der Waals surface area contributed by atoms with Crippen LogP contribution in [-0.4, -0.2) is 45.7 Å². The van der Waals surface area contributed by atoms with Crippen molar-refractivity contribution in [2.75, 3.05) is 13.1 Å². The van der Waals surface area contributed by atoms with Gasteiger partial charge in [-0.05, 0) is 38.4 Å². The Balaban J connectivity index is 0.000000244. The van der Waals surface area contributed by atoms with Crippen LogP contribution in [0.3, 0.4) is 0 Å². The molecule has 1 aromatic rings. The number of hydrogen-bond donors (Lipinski definition) is 2. The molecular formula is C22H27NO4. The van der Waals surface area contributed by atoms with Crippen LogP contribution in [0.5, 0.6) is 0 Å². The fourth-order valence-electron chi connectivity index (χ4n) is 3.66. The standard InChI is InChI=1S/C13H17NO4.C9H10/c1-9-10(11(15)16)5-4-6-13(9,12(17)18)14-7-2-3-8-14;1-8(2)9-6-4-3-5-7-9/h4-6,9H,2-3,7-8H2,1H3,(H,15,16)(H,17,18);3-7H,1H2,2H3. The van der Waals surface area contributed by atoms with Crippen molar-refractivity contribution in [3.63, 3.8) is 0 Å². The van der Waals surface area contributed by atoms with Gasteiger partial charge in [0.2, 0.25) is 0 Å². The van der Waals surface area contributed by atoms with Crippen LogP contribution in [-0.2, 0) is 9.59 Å².